The van der Waals surface area contributed by atoms with Crippen molar-refractivity contribution < 1.29 is 29.0 Å². The second kappa shape index (κ2) is 15.4. The van der Waals surface area contributed by atoms with Gasteiger partial charge in [0, 0.05) is 11.8 Å². The Labute approximate surface area is 307 Å². The standard InChI is InChI=1S/C29H32N16O6S2/c1-10-16(8-51-9-30)52-25(18(10)26(49)50-6)41-39-20-13(4)43-45(22(20)32)29-36-27(33)35-28(37-29)44-21(31)19(12(3)42-44)38-40-24-17(15(48)7-46)11(2)23(53-24)34-14(5)47/h9,30,46H,7-8,31-32H2,1-6H3,(H,34,47)(H2,33,35,36,37). The Kier molecular flexibility index (Phi) is 10.9. The lowest BCUT2D eigenvalue weighted by molar-refractivity contribution is -0.114. The summed E-state index contributed by atoms with van der Waals surface area (Å²) in [5, 5.41) is 45.8. The molecule has 5 aromatic heterocycles. The summed E-state index contributed by atoms with van der Waals surface area (Å²) in [6.45, 7) is 7.14. The predicted molar refractivity (Wildman–Crippen MR) is 194 cm³/mol. The third-order valence-corrected chi connectivity index (χ3v) is 9.61. The third kappa shape index (κ3) is 7.44. The molecule has 0 aromatic carbocycles. The molecule has 0 bridgehead atoms. The Balaban J connectivity index is 1.50. The van der Waals surface area contributed by atoms with E-state index in [0.717, 1.165) is 38.4 Å². The van der Waals surface area contributed by atoms with Gasteiger partial charge in [-0.1, -0.05) is 11.3 Å². The minimum atomic E-state index is -0.777. The fourth-order valence-corrected chi connectivity index (χ4v) is 6.97. The molecule has 0 fully saturated rings. The van der Waals surface area contributed by atoms with Crippen molar-refractivity contribution in [2.75, 3.05) is 36.2 Å². The third-order valence-electron chi connectivity index (χ3n) is 7.37. The number of methoxy groups -OCH3 is 1. The number of nitrogens with one attached hydrogen (secondary N) is 2. The largest absolute Gasteiger partial charge is 0.478 e. The minimum Gasteiger partial charge on any atom is -0.478 e. The average molecular weight is 765 g/mol. The van der Waals surface area contributed by atoms with Crippen LogP contribution >= 0.6 is 22.7 Å². The van der Waals surface area contributed by atoms with Crippen LogP contribution in [0.1, 0.15) is 55.0 Å². The van der Waals surface area contributed by atoms with E-state index < -0.39 is 18.4 Å². The zero-order chi connectivity index (χ0) is 38.7. The van der Waals surface area contributed by atoms with E-state index in [1.54, 1.807) is 27.7 Å². The van der Waals surface area contributed by atoms with Crippen LogP contribution < -0.4 is 22.5 Å². The number of ether oxygens (including phenoxy) is 2. The van der Waals surface area contributed by atoms with Crippen LogP contribution in [0.25, 0.3) is 11.9 Å². The Morgan fingerprint density at radius 3 is 1.91 bits per heavy atom. The molecule has 0 saturated heterocycles. The quantitative estimate of drug-likeness (QED) is 0.0321. The van der Waals surface area contributed by atoms with E-state index in [1.165, 1.54) is 14.0 Å². The van der Waals surface area contributed by atoms with Crippen LogP contribution in [-0.4, -0.2) is 77.4 Å². The van der Waals surface area contributed by atoms with Crippen molar-refractivity contribution in [2.45, 2.75) is 41.2 Å². The predicted octanol–water partition coefficient (Wildman–Crippen LogP) is 4.22. The fourth-order valence-electron chi connectivity index (χ4n) is 4.84. The first-order valence-corrected chi connectivity index (χ1v) is 16.8. The van der Waals surface area contributed by atoms with Gasteiger partial charge in [-0.25, -0.2) is 4.79 Å². The Morgan fingerprint density at radius 1 is 0.868 bits per heavy atom. The van der Waals surface area contributed by atoms with Gasteiger partial charge in [-0.3, -0.25) is 15.0 Å². The van der Waals surface area contributed by atoms with Crippen LogP contribution in [0.2, 0.25) is 0 Å². The number of anilines is 4. The highest BCUT2D eigenvalue weighted by Gasteiger charge is 2.25. The average Bonchev–Trinajstić information content (AvgIpc) is 3.79. The van der Waals surface area contributed by atoms with Crippen LogP contribution in [0, 0.1) is 33.1 Å². The molecule has 0 aliphatic rings. The van der Waals surface area contributed by atoms with E-state index in [-0.39, 0.29) is 74.5 Å². The second-order valence-electron chi connectivity index (χ2n) is 10.9. The second-order valence-corrected chi connectivity index (χ2v) is 13.0. The zero-order valence-corrected chi connectivity index (χ0v) is 30.6. The van der Waals surface area contributed by atoms with Gasteiger partial charge in [0.1, 0.15) is 23.8 Å². The van der Waals surface area contributed by atoms with Gasteiger partial charge in [-0.2, -0.15) is 34.5 Å². The van der Waals surface area contributed by atoms with E-state index >= 15 is 0 Å². The summed E-state index contributed by atoms with van der Waals surface area (Å²) in [4.78, 5) is 50.1. The highest BCUT2D eigenvalue weighted by Crippen LogP contribution is 2.42. The zero-order valence-electron chi connectivity index (χ0n) is 28.9. The monoisotopic (exact) mass is 764 g/mol. The molecule has 0 unspecified atom stereocenters. The molecule has 53 heavy (non-hydrogen) atoms. The summed E-state index contributed by atoms with van der Waals surface area (Å²) in [5.41, 5.74) is 21.1. The van der Waals surface area contributed by atoms with Gasteiger partial charge in [0.2, 0.25) is 11.9 Å². The Morgan fingerprint density at radius 2 is 1.42 bits per heavy atom. The van der Waals surface area contributed by atoms with Crippen molar-refractivity contribution in [1.82, 2.24) is 34.5 Å². The molecule has 0 saturated carbocycles. The molecule has 1 amide bonds. The number of nitrogen functional groups attached to an aromatic ring is 3. The molecule has 0 aliphatic heterocycles. The van der Waals surface area contributed by atoms with E-state index in [1.807, 2.05) is 0 Å². The van der Waals surface area contributed by atoms with Gasteiger partial charge >= 0.3 is 5.97 Å². The molecule has 0 spiro atoms. The maximum Gasteiger partial charge on any atom is 0.341 e. The number of esters is 1. The summed E-state index contributed by atoms with van der Waals surface area (Å²) >= 11 is 2.13. The van der Waals surface area contributed by atoms with E-state index in [4.69, 9.17) is 32.1 Å². The maximum absolute atomic E-state index is 12.6. The highest BCUT2D eigenvalue weighted by molar-refractivity contribution is 7.20. The number of azo groups is 2. The topological polar surface area (TPSA) is 328 Å². The molecule has 0 radical (unpaired) electrons. The first-order valence-electron chi connectivity index (χ1n) is 15.1. The van der Waals surface area contributed by atoms with Crippen LogP contribution in [0.5, 0.6) is 0 Å². The first-order chi connectivity index (χ1) is 25.2. The number of hydrogen-bond acceptors (Lipinski definition) is 21. The van der Waals surface area contributed by atoms with Crippen molar-refractivity contribution in [3.05, 3.63) is 38.5 Å². The van der Waals surface area contributed by atoms with Gasteiger partial charge in [-0.15, -0.1) is 31.8 Å². The number of nitrogens with two attached hydrogens (primary N) is 3. The minimum absolute atomic E-state index is 0.0275. The van der Waals surface area contributed by atoms with Crippen molar-refractivity contribution in [3.8, 4) is 11.9 Å². The fraction of sp³-hybridized carbons (Fsp3) is 0.276. The van der Waals surface area contributed by atoms with Crippen LogP contribution in [-0.2, 0) is 20.9 Å². The molecule has 0 aliphatic carbocycles. The number of aliphatic hydroxyl groups is 1. The molecular formula is C29H32N16O6S2. The normalized spacial score (nSPS) is 11.5. The Hall–Kier alpha value is -6.53. The highest BCUT2D eigenvalue weighted by atomic mass is 32.1. The molecule has 5 heterocycles. The van der Waals surface area contributed by atoms with Crippen molar-refractivity contribution in [1.29, 1.82) is 5.41 Å². The SMILES string of the molecule is COC(=O)c1c(N=Nc2c(C)nn(-c3nc(N)nc(-n4nc(C)c(N=Nc5sc(NC(C)=O)c(C)c5C(=O)CO)c4N)n3)c2N)sc(COC=N)c1C. The smallest absolute Gasteiger partial charge is 0.341 e. The summed E-state index contributed by atoms with van der Waals surface area (Å²) < 4.78 is 12.3. The molecule has 0 atom stereocenters. The number of thiophene rings is 2. The van der Waals surface area contributed by atoms with Crippen molar-refractivity contribution in [3.63, 3.8) is 0 Å². The number of rotatable bonds is 13. The lowest BCUT2D eigenvalue weighted by Crippen LogP contribution is -2.15. The van der Waals surface area contributed by atoms with E-state index in [2.05, 4.69) is 50.9 Å². The maximum atomic E-state index is 12.6. The Bertz CT molecular complexity index is 2340. The number of aliphatic hydroxyl groups excluding tert-OH is 1. The number of carbonyl (C=O) groups excluding carboxylic acids is 3. The lowest BCUT2D eigenvalue weighted by atomic mass is 10.1. The van der Waals surface area contributed by atoms with Gasteiger partial charge < -0.3 is 37.1 Å². The molecule has 22 nitrogen and oxygen atoms in total. The van der Waals surface area contributed by atoms with E-state index in [9.17, 15) is 19.5 Å². The summed E-state index contributed by atoms with van der Waals surface area (Å²) in [5.74, 6) is -2.15. The first kappa shape index (κ1) is 37.7. The van der Waals surface area contributed by atoms with Gasteiger partial charge in [0.05, 0.1) is 24.1 Å². The number of hydrogen-bond donors (Lipinski definition) is 6. The van der Waals surface area contributed by atoms with Crippen LogP contribution in [0.4, 0.5) is 44.0 Å². The summed E-state index contributed by atoms with van der Waals surface area (Å²) in [7, 11) is 1.24. The van der Waals surface area contributed by atoms with Crippen LogP contribution in [0.3, 0.4) is 0 Å². The molecular weight excluding hydrogens is 733 g/mol. The number of carbonyl (C=O) groups is 3. The molecule has 276 valence electrons. The number of amides is 1. The number of aromatic nitrogens is 7. The molecule has 24 heteroatoms. The number of aryl methyl sites for hydroxylation is 2. The summed E-state index contributed by atoms with van der Waals surface area (Å²) in [6, 6.07) is 0. The van der Waals surface area contributed by atoms with Gasteiger partial charge in [0.15, 0.2) is 45.2 Å². The van der Waals surface area contributed by atoms with Gasteiger partial charge in [-0.05, 0) is 38.8 Å². The number of nitrogens with zero attached hydrogens (tertiary/aromatic N) is 11. The van der Waals surface area contributed by atoms with Crippen LogP contribution in [0.15, 0.2) is 20.5 Å². The number of ketones is 1. The molecule has 5 aromatic rings. The lowest BCUT2D eigenvalue weighted by Gasteiger charge is -2.07. The van der Waals surface area contributed by atoms with Crippen molar-refractivity contribution in [2.24, 2.45) is 20.5 Å². The van der Waals surface area contributed by atoms with Crippen molar-refractivity contribution >= 4 is 90.7 Å². The molecule has 9 N–H and O–H groups in total. The van der Waals surface area contributed by atoms with E-state index in [0.29, 0.717) is 32.4 Å². The number of Topliss-reactive ketones (excluding diaryl/α,β-unsaturated/α-hetero) is 1. The molecule has 5 rings (SSSR count). The summed E-state index contributed by atoms with van der Waals surface area (Å²) in [6.07, 6.45) is 0.793. The van der Waals surface area contributed by atoms with Gasteiger partial charge in [0.25, 0.3) is 11.9 Å².